The van der Waals surface area contributed by atoms with Gasteiger partial charge < -0.3 is 16.2 Å². The van der Waals surface area contributed by atoms with Gasteiger partial charge in [0.25, 0.3) is 0 Å². The van der Waals surface area contributed by atoms with Crippen LogP contribution >= 0.6 is 0 Å². The Morgan fingerprint density at radius 3 is 2.48 bits per heavy atom. The summed E-state index contributed by atoms with van der Waals surface area (Å²) in [6, 6.07) is 3.74. The van der Waals surface area contributed by atoms with E-state index in [2.05, 4.69) is 10.1 Å². The van der Waals surface area contributed by atoms with Crippen LogP contribution in [0.5, 0.6) is 5.75 Å². The number of hydrogen-bond acceptors (Lipinski definition) is 5. The standard InChI is InChI=1S/C14H19N5O2/c1-14(2,3)11-10(21-13(16)20)12(15)19(18-11)8-9-4-6-17-7-5-9/h4-7H,8,15H2,1-3H3,(H2,16,20). The first-order valence-electron chi connectivity index (χ1n) is 6.52. The Balaban J connectivity index is 2.43. The minimum atomic E-state index is -0.907. The maximum Gasteiger partial charge on any atom is 0.410 e. The molecule has 0 unspecified atom stereocenters. The first-order chi connectivity index (χ1) is 9.79. The van der Waals surface area contributed by atoms with Gasteiger partial charge in [-0.05, 0) is 17.7 Å². The van der Waals surface area contributed by atoms with E-state index >= 15 is 0 Å². The highest BCUT2D eigenvalue weighted by atomic mass is 16.5. The van der Waals surface area contributed by atoms with Crippen LogP contribution in [0.3, 0.4) is 0 Å². The molecule has 1 amide bonds. The van der Waals surface area contributed by atoms with Crippen LogP contribution in [0.15, 0.2) is 24.5 Å². The number of nitrogen functional groups attached to an aromatic ring is 1. The number of aromatic nitrogens is 3. The fourth-order valence-electron chi connectivity index (χ4n) is 1.93. The van der Waals surface area contributed by atoms with Gasteiger partial charge in [-0.3, -0.25) is 4.98 Å². The van der Waals surface area contributed by atoms with Gasteiger partial charge in [-0.2, -0.15) is 5.10 Å². The molecule has 21 heavy (non-hydrogen) atoms. The van der Waals surface area contributed by atoms with Gasteiger partial charge in [0.05, 0.1) is 6.54 Å². The molecular formula is C14H19N5O2. The molecule has 0 fully saturated rings. The molecule has 2 heterocycles. The first kappa shape index (κ1) is 14.8. The molecule has 0 aromatic carbocycles. The summed E-state index contributed by atoms with van der Waals surface area (Å²) in [7, 11) is 0. The van der Waals surface area contributed by atoms with Crippen LogP contribution in [0.25, 0.3) is 0 Å². The Labute approximate surface area is 122 Å². The lowest BCUT2D eigenvalue weighted by Crippen LogP contribution is -2.20. The molecule has 7 nitrogen and oxygen atoms in total. The predicted molar refractivity (Wildman–Crippen MR) is 78.9 cm³/mol. The number of nitrogens with two attached hydrogens (primary N) is 2. The molecule has 0 saturated heterocycles. The predicted octanol–water partition coefficient (Wildman–Crippen LogP) is 1.66. The third-order valence-electron chi connectivity index (χ3n) is 2.94. The fourth-order valence-corrected chi connectivity index (χ4v) is 1.93. The van der Waals surface area contributed by atoms with Crippen molar-refractivity contribution < 1.29 is 9.53 Å². The molecule has 7 heteroatoms. The summed E-state index contributed by atoms with van der Waals surface area (Å²) in [6.07, 6.45) is 2.48. The number of ether oxygens (including phenoxy) is 1. The number of nitrogens with zero attached hydrogens (tertiary/aromatic N) is 3. The van der Waals surface area contributed by atoms with E-state index in [9.17, 15) is 4.79 Å². The van der Waals surface area contributed by atoms with Gasteiger partial charge in [0.2, 0.25) is 0 Å². The smallest absolute Gasteiger partial charge is 0.404 e. The molecular weight excluding hydrogens is 270 g/mol. The normalized spacial score (nSPS) is 11.4. The van der Waals surface area contributed by atoms with Crippen molar-refractivity contribution in [1.82, 2.24) is 14.8 Å². The van der Waals surface area contributed by atoms with Gasteiger partial charge in [0, 0.05) is 17.8 Å². The van der Waals surface area contributed by atoms with E-state index in [1.165, 1.54) is 0 Å². The molecule has 0 bridgehead atoms. The van der Waals surface area contributed by atoms with E-state index in [4.69, 9.17) is 16.2 Å². The van der Waals surface area contributed by atoms with E-state index in [0.29, 0.717) is 12.2 Å². The van der Waals surface area contributed by atoms with Crippen molar-refractivity contribution in [2.75, 3.05) is 5.73 Å². The Kier molecular flexibility index (Phi) is 3.84. The molecule has 0 aliphatic heterocycles. The summed E-state index contributed by atoms with van der Waals surface area (Å²) < 4.78 is 6.63. The van der Waals surface area contributed by atoms with Crippen molar-refractivity contribution >= 4 is 11.9 Å². The minimum Gasteiger partial charge on any atom is -0.404 e. The summed E-state index contributed by atoms with van der Waals surface area (Å²) in [4.78, 5) is 15.0. The molecule has 2 rings (SSSR count). The van der Waals surface area contributed by atoms with Gasteiger partial charge in [-0.15, -0.1) is 0 Å². The summed E-state index contributed by atoms with van der Waals surface area (Å²) in [6.45, 7) is 6.33. The number of carbonyl (C=O) groups excluding carboxylic acids is 1. The number of carbonyl (C=O) groups is 1. The molecule has 0 atom stereocenters. The molecule has 0 spiro atoms. The number of amides is 1. The SMILES string of the molecule is CC(C)(C)c1nn(Cc2ccncc2)c(N)c1OC(N)=O. The number of primary amides is 1. The summed E-state index contributed by atoms with van der Waals surface area (Å²) in [5.41, 5.74) is 12.4. The van der Waals surface area contributed by atoms with Gasteiger partial charge in [-0.25, -0.2) is 9.48 Å². The Bertz CT molecular complexity index is 643. The van der Waals surface area contributed by atoms with Gasteiger partial charge >= 0.3 is 6.09 Å². The van der Waals surface area contributed by atoms with Crippen LogP contribution in [0.1, 0.15) is 32.0 Å². The second-order valence-electron chi connectivity index (χ2n) is 5.75. The highest BCUT2D eigenvalue weighted by Gasteiger charge is 2.28. The van der Waals surface area contributed by atoms with Crippen LogP contribution in [0.2, 0.25) is 0 Å². The van der Waals surface area contributed by atoms with E-state index in [-0.39, 0.29) is 17.0 Å². The molecule has 2 aromatic heterocycles. The molecule has 112 valence electrons. The lowest BCUT2D eigenvalue weighted by Gasteiger charge is -2.16. The Hall–Kier alpha value is -2.57. The second-order valence-corrected chi connectivity index (χ2v) is 5.75. The third-order valence-corrected chi connectivity index (χ3v) is 2.94. The van der Waals surface area contributed by atoms with Crippen molar-refractivity contribution in [3.05, 3.63) is 35.8 Å². The van der Waals surface area contributed by atoms with Crippen LogP contribution < -0.4 is 16.2 Å². The average molecular weight is 289 g/mol. The van der Waals surface area contributed by atoms with Crippen molar-refractivity contribution in [1.29, 1.82) is 0 Å². The minimum absolute atomic E-state index is 0.226. The molecule has 2 aromatic rings. The average Bonchev–Trinajstić information content (AvgIpc) is 2.68. The van der Waals surface area contributed by atoms with Crippen LogP contribution in [0, 0.1) is 0 Å². The van der Waals surface area contributed by atoms with Crippen LogP contribution in [-0.2, 0) is 12.0 Å². The topological polar surface area (TPSA) is 109 Å². The van der Waals surface area contributed by atoms with Gasteiger partial charge in [0.15, 0.2) is 11.6 Å². The van der Waals surface area contributed by atoms with Crippen molar-refractivity contribution in [3.63, 3.8) is 0 Å². The van der Waals surface area contributed by atoms with E-state index in [1.54, 1.807) is 17.1 Å². The van der Waals surface area contributed by atoms with Gasteiger partial charge in [0.1, 0.15) is 5.69 Å². The highest BCUT2D eigenvalue weighted by Crippen LogP contribution is 2.35. The molecule has 0 radical (unpaired) electrons. The maximum atomic E-state index is 11.1. The summed E-state index contributed by atoms with van der Waals surface area (Å²) in [5.74, 6) is 0.500. The zero-order valence-electron chi connectivity index (χ0n) is 12.3. The quantitative estimate of drug-likeness (QED) is 0.893. The molecule has 4 N–H and O–H groups in total. The van der Waals surface area contributed by atoms with Crippen LogP contribution in [0.4, 0.5) is 10.6 Å². The third kappa shape index (κ3) is 3.31. The van der Waals surface area contributed by atoms with E-state index < -0.39 is 6.09 Å². The lowest BCUT2D eigenvalue weighted by molar-refractivity contribution is 0.210. The van der Waals surface area contributed by atoms with E-state index in [1.807, 2.05) is 32.9 Å². The monoisotopic (exact) mass is 289 g/mol. The number of anilines is 1. The van der Waals surface area contributed by atoms with Crippen molar-refractivity contribution in [2.45, 2.75) is 32.7 Å². The molecule has 0 saturated carbocycles. The van der Waals surface area contributed by atoms with Gasteiger partial charge in [-0.1, -0.05) is 20.8 Å². The Morgan fingerprint density at radius 2 is 1.95 bits per heavy atom. The number of rotatable bonds is 3. The Morgan fingerprint density at radius 1 is 1.33 bits per heavy atom. The largest absolute Gasteiger partial charge is 0.410 e. The lowest BCUT2D eigenvalue weighted by atomic mass is 9.92. The zero-order chi connectivity index (χ0) is 15.6. The van der Waals surface area contributed by atoms with Crippen LogP contribution in [-0.4, -0.2) is 20.9 Å². The second kappa shape index (κ2) is 5.43. The molecule has 0 aliphatic carbocycles. The zero-order valence-corrected chi connectivity index (χ0v) is 12.3. The van der Waals surface area contributed by atoms with Crippen molar-refractivity contribution in [2.24, 2.45) is 5.73 Å². The maximum absolute atomic E-state index is 11.1. The van der Waals surface area contributed by atoms with E-state index in [0.717, 1.165) is 5.56 Å². The fraction of sp³-hybridized carbons (Fsp3) is 0.357. The molecule has 0 aliphatic rings. The number of hydrogen-bond donors (Lipinski definition) is 2. The van der Waals surface area contributed by atoms with Crippen molar-refractivity contribution in [3.8, 4) is 5.75 Å². The number of pyridine rings is 1. The highest BCUT2D eigenvalue weighted by molar-refractivity contribution is 5.71. The summed E-state index contributed by atoms with van der Waals surface area (Å²) >= 11 is 0. The summed E-state index contributed by atoms with van der Waals surface area (Å²) in [5, 5.41) is 4.47. The first-order valence-corrected chi connectivity index (χ1v) is 6.52.